The number of ether oxygens (including phenoxy) is 1. The molecular formula is C25H26N4O4. The zero-order chi connectivity index (χ0) is 23.0. The number of H-pyrrole nitrogens is 1. The van der Waals surface area contributed by atoms with Gasteiger partial charge in [0, 0.05) is 49.3 Å². The number of benzene rings is 1. The summed E-state index contributed by atoms with van der Waals surface area (Å²) in [4.78, 5) is 24.7. The van der Waals surface area contributed by atoms with E-state index in [2.05, 4.69) is 31.7 Å². The van der Waals surface area contributed by atoms with E-state index in [0.29, 0.717) is 0 Å². The normalized spacial score (nSPS) is 14.9. The van der Waals surface area contributed by atoms with Crippen LogP contribution in [-0.2, 0) is 17.7 Å². The van der Waals surface area contributed by atoms with E-state index in [1.165, 1.54) is 6.33 Å². The molecule has 0 amide bonds. The third kappa shape index (κ3) is 6.05. The van der Waals surface area contributed by atoms with Crippen LogP contribution in [0, 0.1) is 11.8 Å². The topological polar surface area (TPSA) is 112 Å². The molecule has 2 aromatic heterocycles. The van der Waals surface area contributed by atoms with E-state index in [9.17, 15) is 15.0 Å². The highest BCUT2D eigenvalue weighted by atomic mass is 16.5. The summed E-state index contributed by atoms with van der Waals surface area (Å²) in [6.45, 7) is 4.08. The fourth-order valence-electron chi connectivity index (χ4n) is 3.66. The van der Waals surface area contributed by atoms with Crippen LogP contribution >= 0.6 is 0 Å². The van der Waals surface area contributed by atoms with Gasteiger partial charge < -0.3 is 19.9 Å². The van der Waals surface area contributed by atoms with Gasteiger partial charge in [0.15, 0.2) is 0 Å². The Hall–Kier alpha value is -3.51. The number of morpholine rings is 1. The highest BCUT2D eigenvalue weighted by molar-refractivity contribution is 5.43. The number of aliphatic hydroxyl groups excluding tert-OH is 1. The summed E-state index contributed by atoms with van der Waals surface area (Å²) in [5.74, 6) is 5.56. The third-order valence-electron chi connectivity index (χ3n) is 5.61. The molecular weight excluding hydrogens is 420 g/mol. The SMILES string of the molecule is O=c1[nH]cnc(CC(CO)c2ccc(C#Cc3ccc(CN4CCOCC4)nc3)cc2)c1O. The molecule has 0 radical (unpaired) electrons. The highest BCUT2D eigenvalue weighted by Crippen LogP contribution is 2.22. The predicted molar refractivity (Wildman–Crippen MR) is 123 cm³/mol. The maximum atomic E-state index is 11.6. The van der Waals surface area contributed by atoms with Gasteiger partial charge in [0.2, 0.25) is 5.75 Å². The summed E-state index contributed by atoms with van der Waals surface area (Å²) in [6, 6.07) is 11.5. The van der Waals surface area contributed by atoms with Crippen molar-refractivity contribution in [3.63, 3.8) is 0 Å². The molecule has 1 saturated heterocycles. The number of aliphatic hydroxyl groups is 1. The van der Waals surface area contributed by atoms with Crippen LogP contribution in [0.5, 0.6) is 5.75 Å². The Morgan fingerprint density at radius 1 is 1.06 bits per heavy atom. The predicted octanol–water partition coefficient (Wildman–Crippen LogP) is 1.42. The van der Waals surface area contributed by atoms with Crippen molar-refractivity contribution in [3.05, 3.63) is 87.4 Å². The summed E-state index contributed by atoms with van der Waals surface area (Å²) in [5, 5.41) is 19.7. The van der Waals surface area contributed by atoms with Gasteiger partial charge in [-0.25, -0.2) is 4.98 Å². The molecule has 4 rings (SSSR count). The molecule has 1 unspecified atom stereocenters. The van der Waals surface area contributed by atoms with Crippen LogP contribution in [0.1, 0.15) is 34.0 Å². The van der Waals surface area contributed by atoms with Crippen LogP contribution in [0.3, 0.4) is 0 Å². The summed E-state index contributed by atoms with van der Waals surface area (Å²) in [6.07, 6.45) is 3.29. The number of aromatic hydroxyl groups is 1. The molecule has 8 nitrogen and oxygen atoms in total. The maximum Gasteiger partial charge on any atom is 0.293 e. The Morgan fingerprint density at radius 2 is 1.79 bits per heavy atom. The maximum absolute atomic E-state index is 11.6. The van der Waals surface area contributed by atoms with Crippen molar-refractivity contribution in [2.24, 2.45) is 0 Å². The molecule has 0 bridgehead atoms. The van der Waals surface area contributed by atoms with Crippen LogP contribution in [-0.4, -0.2) is 63.0 Å². The first-order chi connectivity index (χ1) is 16.1. The minimum absolute atomic E-state index is 0.137. The summed E-state index contributed by atoms with van der Waals surface area (Å²) < 4.78 is 5.37. The molecule has 8 heteroatoms. The monoisotopic (exact) mass is 446 g/mol. The van der Waals surface area contributed by atoms with Crippen molar-refractivity contribution < 1.29 is 14.9 Å². The highest BCUT2D eigenvalue weighted by Gasteiger charge is 2.16. The molecule has 1 aliphatic rings. The molecule has 33 heavy (non-hydrogen) atoms. The van der Waals surface area contributed by atoms with Crippen molar-refractivity contribution in [1.29, 1.82) is 0 Å². The third-order valence-corrected chi connectivity index (χ3v) is 5.61. The smallest absolute Gasteiger partial charge is 0.293 e. The Balaban J connectivity index is 1.39. The lowest BCUT2D eigenvalue weighted by atomic mass is 9.94. The number of rotatable bonds is 6. The second kappa shape index (κ2) is 10.9. The standard InChI is InChI=1S/C25H26N4O4/c30-16-21(13-23-24(31)25(32)28-17-27-23)20-6-3-18(4-7-20)1-2-19-5-8-22(26-14-19)15-29-9-11-33-12-10-29/h3-8,14,17,21,30-31H,9-13,15-16H2,(H,27,28,32). The Kier molecular flexibility index (Phi) is 7.47. The van der Waals surface area contributed by atoms with Crippen molar-refractivity contribution in [1.82, 2.24) is 19.9 Å². The number of nitrogens with zero attached hydrogens (tertiary/aromatic N) is 3. The first-order valence-corrected chi connectivity index (χ1v) is 10.9. The molecule has 1 aliphatic heterocycles. The van der Waals surface area contributed by atoms with Crippen molar-refractivity contribution >= 4 is 0 Å². The van der Waals surface area contributed by atoms with E-state index < -0.39 is 11.3 Å². The van der Waals surface area contributed by atoms with Crippen LogP contribution in [0.4, 0.5) is 0 Å². The van der Waals surface area contributed by atoms with E-state index >= 15 is 0 Å². The molecule has 0 saturated carbocycles. The minimum Gasteiger partial charge on any atom is -0.502 e. The number of pyridine rings is 1. The van der Waals surface area contributed by atoms with Gasteiger partial charge in [-0.05, 0) is 29.8 Å². The van der Waals surface area contributed by atoms with Crippen molar-refractivity contribution in [3.8, 4) is 17.6 Å². The van der Waals surface area contributed by atoms with Gasteiger partial charge in [-0.15, -0.1) is 0 Å². The average molecular weight is 447 g/mol. The first-order valence-electron chi connectivity index (χ1n) is 10.9. The number of hydrogen-bond acceptors (Lipinski definition) is 7. The quantitative estimate of drug-likeness (QED) is 0.491. The number of hydrogen-bond donors (Lipinski definition) is 3. The van der Waals surface area contributed by atoms with Gasteiger partial charge in [-0.1, -0.05) is 24.0 Å². The molecule has 0 aliphatic carbocycles. The molecule has 170 valence electrons. The summed E-state index contributed by atoms with van der Waals surface area (Å²) >= 11 is 0. The lowest BCUT2D eigenvalue weighted by molar-refractivity contribution is 0.0336. The average Bonchev–Trinajstić information content (AvgIpc) is 2.86. The number of aromatic nitrogens is 3. The van der Waals surface area contributed by atoms with Gasteiger partial charge in [0.25, 0.3) is 5.56 Å². The van der Waals surface area contributed by atoms with Crippen LogP contribution < -0.4 is 5.56 Å². The fourth-order valence-corrected chi connectivity index (χ4v) is 3.66. The Bertz CT molecular complexity index is 1170. The van der Waals surface area contributed by atoms with Crippen LogP contribution in [0.15, 0.2) is 53.7 Å². The van der Waals surface area contributed by atoms with Crippen LogP contribution in [0.2, 0.25) is 0 Å². The van der Waals surface area contributed by atoms with Gasteiger partial charge in [-0.2, -0.15) is 0 Å². The molecule has 1 atom stereocenters. The molecule has 3 aromatic rings. The second-order valence-electron chi connectivity index (χ2n) is 7.91. The number of nitrogens with one attached hydrogen (secondary N) is 1. The van der Waals surface area contributed by atoms with Gasteiger partial charge >= 0.3 is 0 Å². The fraction of sp³-hybridized carbons (Fsp3) is 0.320. The number of aromatic amines is 1. The minimum atomic E-state index is -0.592. The van der Waals surface area contributed by atoms with E-state index in [1.54, 1.807) is 6.20 Å². The van der Waals surface area contributed by atoms with Crippen LogP contribution in [0.25, 0.3) is 0 Å². The van der Waals surface area contributed by atoms with E-state index in [1.807, 2.05) is 36.4 Å². The Labute approximate surface area is 191 Å². The van der Waals surface area contributed by atoms with E-state index in [0.717, 1.165) is 55.2 Å². The van der Waals surface area contributed by atoms with Crippen molar-refractivity contribution in [2.75, 3.05) is 32.9 Å². The van der Waals surface area contributed by atoms with Crippen molar-refractivity contribution in [2.45, 2.75) is 18.9 Å². The summed E-state index contributed by atoms with van der Waals surface area (Å²) in [7, 11) is 0. The zero-order valence-electron chi connectivity index (χ0n) is 18.2. The molecule has 3 N–H and O–H groups in total. The molecule has 0 spiro atoms. The first kappa shape index (κ1) is 22.7. The second-order valence-corrected chi connectivity index (χ2v) is 7.91. The zero-order valence-corrected chi connectivity index (χ0v) is 18.2. The lowest BCUT2D eigenvalue weighted by Crippen LogP contribution is -2.35. The van der Waals surface area contributed by atoms with Gasteiger partial charge in [-0.3, -0.25) is 14.7 Å². The van der Waals surface area contributed by atoms with E-state index in [-0.39, 0.29) is 24.6 Å². The van der Waals surface area contributed by atoms with E-state index in [4.69, 9.17) is 4.74 Å². The molecule has 1 aromatic carbocycles. The molecule has 3 heterocycles. The lowest BCUT2D eigenvalue weighted by Gasteiger charge is -2.26. The summed E-state index contributed by atoms with van der Waals surface area (Å²) in [5.41, 5.74) is 3.23. The largest absolute Gasteiger partial charge is 0.502 e. The van der Waals surface area contributed by atoms with Gasteiger partial charge in [0.05, 0.1) is 37.5 Å². The molecule has 1 fully saturated rings. The van der Waals surface area contributed by atoms with Gasteiger partial charge in [0.1, 0.15) is 0 Å². The Morgan fingerprint density at radius 3 is 2.48 bits per heavy atom.